The summed E-state index contributed by atoms with van der Waals surface area (Å²) in [6.45, 7) is 6.07. The first-order valence-electron chi connectivity index (χ1n) is 13.8. The summed E-state index contributed by atoms with van der Waals surface area (Å²) in [5.74, 6) is 1.27. The maximum atomic E-state index is 13.5. The van der Waals surface area contributed by atoms with Crippen LogP contribution in [0.1, 0.15) is 56.0 Å². The molecule has 1 saturated carbocycles. The van der Waals surface area contributed by atoms with Gasteiger partial charge in [-0.3, -0.25) is 4.40 Å². The maximum Gasteiger partial charge on any atom is 0.514 e. The predicted octanol–water partition coefficient (Wildman–Crippen LogP) is 5.67. The topological polar surface area (TPSA) is 118 Å². The fourth-order valence-corrected chi connectivity index (χ4v) is 6.99. The van der Waals surface area contributed by atoms with Crippen molar-refractivity contribution in [3.8, 4) is 5.75 Å². The van der Waals surface area contributed by atoms with Gasteiger partial charge < -0.3 is 9.47 Å². The Kier molecular flexibility index (Phi) is 6.98. The first-order chi connectivity index (χ1) is 19.8. The normalized spacial score (nSPS) is 19.1. The minimum atomic E-state index is -3.86. The molecule has 2 aromatic carbocycles. The van der Waals surface area contributed by atoms with Crippen molar-refractivity contribution < 1.29 is 22.7 Å². The molecule has 6 rings (SSSR count). The van der Waals surface area contributed by atoms with Crippen LogP contribution in [-0.4, -0.2) is 44.2 Å². The average molecular weight is 574 g/mol. The van der Waals surface area contributed by atoms with Crippen LogP contribution in [0.25, 0.3) is 16.8 Å². The molecule has 0 radical (unpaired) electrons. The van der Waals surface area contributed by atoms with Gasteiger partial charge in [0.25, 0.3) is 10.0 Å². The lowest BCUT2D eigenvalue weighted by molar-refractivity contribution is 0.0591. The van der Waals surface area contributed by atoms with Crippen molar-refractivity contribution in [3.05, 3.63) is 83.9 Å². The van der Waals surface area contributed by atoms with E-state index >= 15 is 0 Å². The second-order valence-corrected chi connectivity index (χ2v) is 12.3. The maximum absolute atomic E-state index is 13.5. The fraction of sp³-hybridized carbons (Fsp3) is 0.333. The van der Waals surface area contributed by atoms with E-state index in [-0.39, 0.29) is 28.5 Å². The molecule has 3 heterocycles. The summed E-state index contributed by atoms with van der Waals surface area (Å²) in [4.78, 5) is 17.2. The van der Waals surface area contributed by atoms with E-state index in [1.165, 1.54) is 16.4 Å². The van der Waals surface area contributed by atoms with Gasteiger partial charge in [0.15, 0.2) is 11.3 Å². The predicted molar refractivity (Wildman–Crippen MR) is 153 cm³/mol. The largest absolute Gasteiger partial charge is 0.514 e. The molecule has 0 bridgehead atoms. The van der Waals surface area contributed by atoms with Crippen molar-refractivity contribution in [1.82, 2.24) is 23.6 Å². The summed E-state index contributed by atoms with van der Waals surface area (Å²) in [5.41, 5.74) is 3.52. The van der Waals surface area contributed by atoms with Crippen LogP contribution in [0.3, 0.4) is 0 Å². The van der Waals surface area contributed by atoms with Crippen LogP contribution in [0.4, 0.5) is 4.79 Å². The van der Waals surface area contributed by atoms with Crippen LogP contribution in [0.5, 0.6) is 5.75 Å². The van der Waals surface area contributed by atoms with E-state index in [9.17, 15) is 13.2 Å². The quantitative estimate of drug-likeness (QED) is 0.180. The number of rotatable bonds is 7. The Morgan fingerprint density at radius 3 is 2.46 bits per heavy atom. The monoisotopic (exact) mass is 573 g/mol. The number of hydrogen-bond acceptors (Lipinski definition) is 8. The molecule has 3 unspecified atom stereocenters. The number of carbonyl (C=O) groups excluding carboxylic acids is 1. The minimum absolute atomic E-state index is 0.0562. The number of aromatic nitrogens is 5. The summed E-state index contributed by atoms with van der Waals surface area (Å²) < 4.78 is 41.1. The fourth-order valence-electron chi connectivity index (χ4n) is 5.70. The molecule has 0 spiro atoms. The SMILES string of the molecule is CCc1ccc(OC(=O)OC2CC(CC)C(c3nnc4cnc5c(ccn5S(=O)(=O)c5ccc(C)cc5)n34)C2)cc1. The molecule has 5 aromatic rings. The van der Waals surface area contributed by atoms with Gasteiger partial charge >= 0.3 is 6.16 Å². The molecule has 1 aliphatic carbocycles. The van der Waals surface area contributed by atoms with E-state index in [0.717, 1.165) is 24.0 Å². The smallest absolute Gasteiger partial charge is 0.431 e. The van der Waals surface area contributed by atoms with Crippen molar-refractivity contribution in [3.63, 3.8) is 0 Å². The van der Waals surface area contributed by atoms with Crippen molar-refractivity contribution in [2.75, 3.05) is 0 Å². The van der Waals surface area contributed by atoms with E-state index in [1.54, 1.807) is 42.5 Å². The van der Waals surface area contributed by atoms with Crippen molar-refractivity contribution in [2.45, 2.75) is 63.4 Å². The second kappa shape index (κ2) is 10.6. The molecule has 0 amide bonds. The lowest BCUT2D eigenvalue weighted by atomic mass is 9.93. The third-order valence-corrected chi connectivity index (χ3v) is 9.62. The Hall–Kier alpha value is -4.25. The Balaban J connectivity index is 1.28. The highest BCUT2D eigenvalue weighted by molar-refractivity contribution is 7.90. The first kappa shape index (κ1) is 26.9. The number of fused-ring (bicyclic) bond motifs is 3. The Morgan fingerprint density at radius 1 is 1.00 bits per heavy atom. The van der Waals surface area contributed by atoms with Gasteiger partial charge in [-0.2, -0.15) is 0 Å². The summed E-state index contributed by atoms with van der Waals surface area (Å²) in [7, 11) is -3.86. The molecular weight excluding hydrogens is 542 g/mol. The van der Waals surface area contributed by atoms with Gasteiger partial charge in [0.2, 0.25) is 0 Å². The molecule has 1 fully saturated rings. The second-order valence-electron chi connectivity index (χ2n) is 10.5. The zero-order valence-corrected chi connectivity index (χ0v) is 23.9. The van der Waals surface area contributed by atoms with Gasteiger partial charge in [0.1, 0.15) is 17.7 Å². The highest BCUT2D eigenvalue weighted by atomic mass is 32.2. The highest BCUT2D eigenvalue weighted by Gasteiger charge is 2.39. The molecule has 41 heavy (non-hydrogen) atoms. The molecule has 3 aromatic heterocycles. The van der Waals surface area contributed by atoms with Gasteiger partial charge in [-0.05, 0) is 68.0 Å². The van der Waals surface area contributed by atoms with Gasteiger partial charge in [-0.25, -0.2) is 22.2 Å². The Morgan fingerprint density at radius 2 is 1.76 bits per heavy atom. The van der Waals surface area contributed by atoms with Gasteiger partial charge in [-0.15, -0.1) is 10.2 Å². The molecule has 212 valence electrons. The van der Waals surface area contributed by atoms with Gasteiger partial charge in [0, 0.05) is 12.1 Å². The van der Waals surface area contributed by atoms with Crippen molar-refractivity contribution in [1.29, 1.82) is 0 Å². The molecule has 1 aliphatic rings. The first-order valence-corrected chi connectivity index (χ1v) is 15.2. The van der Waals surface area contributed by atoms with E-state index in [2.05, 4.69) is 29.0 Å². The van der Waals surface area contributed by atoms with Crippen molar-refractivity contribution >= 4 is 33.0 Å². The molecule has 3 atom stereocenters. The summed E-state index contributed by atoms with van der Waals surface area (Å²) in [6.07, 6.45) is 4.94. The third kappa shape index (κ3) is 4.94. The van der Waals surface area contributed by atoms with Crippen molar-refractivity contribution in [2.24, 2.45) is 5.92 Å². The summed E-state index contributed by atoms with van der Waals surface area (Å²) >= 11 is 0. The highest BCUT2D eigenvalue weighted by Crippen LogP contribution is 2.43. The molecule has 0 saturated heterocycles. The molecule has 0 N–H and O–H groups in total. The average Bonchev–Trinajstić information content (AvgIpc) is 3.69. The van der Waals surface area contributed by atoms with E-state index in [1.807, 2.05) is 23.5 Å². The minimum Gasteiger partial charge on any atom is -0.431 e. The molecule has 11 heteroatoms. The Bertz CT molecular complexity index is 1830. The van der Waals surface area contributed by atoms with E-state index < -0.39 is 16.2 Å². The van der Waals surface area contributed by atoms with Crippen LogP contribution in [0.2, 0.25) is 0 Å². The van der Waals surface area contributed by atoms with Crippen LogP contribution < -0.4 is 4.74 Å². The summed E-state index contributed by atoms with van der Waals surface area (Å²) in [6, 6.07) is 15.8. The van der Waals surface area contributed by atoms with Crippen LogP contribution in [-0.2, 0) is 21.2 Å². The number of carbonyl (C=O) groups is 1. The van der Waals surface area contributed by atoms with Crippen LogP contribution >= 0.6 is 0 Å². The Labute approximate surface area is 238 Å². The summed E-state index contributed by atoms with van der Waals surface area (Å²) in [5, 5.41) is 8.84. The third-order valence-electron chi connectivity index (χ3n) is 7.94. The molecule has 10 nitrogen and oxygen atoms in total. The lowest BCUT2D eigenvalue weighted by Crippen LogP contribution is -2.18. The molecule has 0 aliphatic heterocycles. The number of nitrogens with zero attached hydrogens (tertiary/aromatic N) is 5. The van der Waals surface area contributed by atoms with E-state index in [0.29, 0.717) is 35.6 Å². The van der Waals surface area contributed by atoms with Gasteiger partial charge in [0.05, 0.1) is 16.6 Å². The number of ether oxygens (including phenoxy) is 2. The number of aryl methyl sites for hydroxylation is 2. The van der Waals surface area contributed by atoms with Crippen LogP contribution in [0, 0.1) is 12.8 Å². The zero-order valence-electron chi connectivity index (χ0n) is 23.1. The zero-order chi connectivity index (χ0) is 28.7. The number of benzene rings is 2. The molecular formula is C30H31N5O5S. The standard InChI is InChI=1S/C30H31N5O5S/c1-4-20-8-10-22(11-9-20)39-30(36)40-23-16-21(5-2)25(17-23)28-33-32-27-18-31-29-26(35(27)28)14-15-34(29)41(37,38)24-12-6-19(3)7-13-24/h6-15,18,21,23,25H,4-5,16-17H2,1-3H3. The van der Waals surface area contributed by atoms with Crippen LogP contribution in [0.15, 0.2) is 71.9 Å². The lowest BCUT2D eigenvalue weighted by Gasteiger charge is -2.15. The van der Waals surface area contributed by atoms with Gasteiger partial charge in [-0.1, -0.05) is 50.1 Å². The van der Waals surface area contributed by atoms with E-state index in [4.69, 9.17) is 9.47 Å². The number of hydrogen-bond donors (Lipinski definition) is 0.